The minimum Gasteiger partial charge on any atom is -0.478 e. The normalized spacial score (nSPS) is 14.9. The molecular formula is C17H20N2O9. The lowest BCUT2D eigenvalue weighted by Crippen LogP contribution is -2.24. The van der Waals surface area contributed by atoms with Crippen molar-refractivity contribution in [3.8, 4) is 0 Å². The second-order valence-electron chi connectivity index (χ2n) is 4.66. The number of hydrogen-bond acceptors (Lipinski definition) is 6. The number of nitrogens with two attached hydrogens (primary N) is 1. The van der Waals surface area contributed by atoms with Gasteiger partial charge in [-0.2, -0.15) is 0 Å². The highest BCUT2D eigenvalue weighted by Crippen LogP contribution is 2.06. The van der Waals surface area contributed by atoms with Gasteiger partial charge in [0.25, 0.3) is 0 Å². The van der Waals surface area contributed by atoms with Crippen LogP contribution in [-0.2, 0) is 24.0 Å². The lowest BCUT2D eigenvalue weighted by Gasteiger charge is -2.22. The van der Waals surface area contributed by atoms with Gasteiger partial charge >= 0.3 is 23.9 Å². The molecule has 1 unspecified atom stereocenters. The standard InChI is InChI=1S/C9H12N2O.2C4H4O4/c1-11-7-3-2-4-8(11)5-6-9(10)12;2*5-3(6)1-2-4(7)8/h2-8H,1H3,(H2,10,12);2*1-2H,(H,5,6)(H,7,8)/b;2*2-1-. The van der Waals surface area contributed by atoms with Gasteiger partial charge in [-0.3, -0.25) is 4.79 Å². The Balaban J connectivity index is 0. The number of carboxylic acid groups (broad SMARTS) is 4. The molecule has 28 heavy (non-hydrogen) atoms. The van der Waals surface area contributed by atoms with Crippen LogP contribution in [0.3, 0.4) is 0 Å². The van der Waals surface area contributed by atoms with Gasteiger partial charge in [0.05, 0.1) is 6.04 Å². The molecule has 1 aliphatic heterocycles. The van der Waals surface area contributed by atoms with Crippen molar-refractivity contribution in [2.24, 2.45) is 5.73 Å². The van der Waals surface area contributed by atoms with Crippen molar-refractivity contribution in [3.63, 3.8) is 0 Å². The van der Waals surface area contributed by atoms with Gasteiger partial charge < -0.3 is 31.1 Å². The summed E-state index contributed by atoms with van der Waals surface area (Å²) in [5.41, 5.74) is 4.97. The molecule has 1 atom stereocenters. The molecule has 0 aromatic heterocycles. The van der Waals surface area contributed by atoms with E-state index in [-0.39, 0.29) is 6.04 Å². The van der Waals surface area contributed by atoms with E-state index < -0.39 is 29.8 Å². The number of aliphatic carboxylic acids is 4. The summed E-state index contributed by atoms with van der Waals surface area (Å²) in [7, 11) is 1.94. The molecule has 1 amide bonds. The molecule has 0 saturated heterocycles. The summed E-state index contributed by atoms with van der Waals surface area (Å²) in [5, 5.41) is 31.2. The fourth-order valence-corrected chi connectivity index (χ4v) is 1.28. The maximum Gasteiger partial charge on any atom is 0.328 e. The van der Waals surface area contributed by atoms with E-state index in [2.05, 4.69) is 0 Å². The van der Waals surface area contributed by atoms with Gasteiger partial charge in [-0.05, 0) is 12.3 Å². The van der Waals surface area contributed by atoms with Gasteiger partial charge in [0.15, 0.2) is 0 Å². The van der Waals surface area contributed by atoms with Gasteiger partial charge in [0.1, 0.15) is 0 Å². The number of primary amides is 1. The molecule has 0 bridgehead atoms. The Morgan fingerprint density at radius 3 is 1.46 bits per heavy atom. The predicted octanol–water partition coefficient (Wildman–Crippen LogP) is -0.165. The average molecular weight is 396 g/mol. The average Bonchev–Trinajstić information content (AvgIpc) is 2.58. The predicted molar refractivity (Wildman–Crippen MR) is 97.0 cm³/mol. The van der Waals surface area contributed by atoms with Crippen LogP contribution in [0, 0.1) is 0 Å². The lowest BCUT2D eigenvalue weighted by atomic mass is 10.2. The molecule has 6 N–H and O–H groups in total. The number of amides is 1. The summed E-state index contributed by atoms with van der Waals surface area (Å²) in [6, 6.07) is 0.141. The molecule has 0 aliphatic carbocycles. The van der Waals surface area contributed by atoms with Crippen LogP contribution in [0.4, 0.5) is 0 Å². The quantitative estimate of drug-likeness (QED) is 0.376. The second-order valence-corrected chi connectivity index (χ2v) is 4.66. The lowest BCUT2D eigenvalue weighted by molar-refractivity contribution is -0.134. The van der Waals surface area contributed by atoms with Gasteiger partial charge in [-0.25, -0.2) is 19.2 Å². The highest BCUT2D eigenvalue weighted by molar-refractivity contribution is 5.90. The van der Waals surface area contributed by atoms with Crippen molar-refractivity contribution in [2.75, 3.05) is 7.05 Å². The summed E-state index contributed by atoms with van der Waals surface area (Å²) >= 11 is 0. The minimum atomic E-state index is -1.26. The molecule has 11 heteroatoms. The third kappa shape index (κ3) is 19.9. The number of allylic oxidation sites excluding steroid dienone is 2. The highest BCUT2D eigenvalue weighted by atomic mass is 16.4. The smallest absolute Gasteiger partial charge is 0.328 e. The van der Waals surface area contributed by atoms with Crippen LogP contribution in [0.1, 0.15) is 0 Å². The first-order chi connectivity index (χ1) is 13.0. The number of nitrogens with zero attached hydrogens (tertiary/aromatic N) is 1. The van der Waals surface area contributed by atoms with E-state index in [4.69, 9.17) is 26.2 Å². The zero-order valence-electron chi connectivity index (χ0n) is 14.7. The van der Waals surface area contributed by atoms with Crippen molar-refractivity contribution < 1.29 is 44.4 Å². The van der Waals surface area contributed by atoms with E-state index in [0.717, 1.165) is 0 Å². The van der Waals surface area contributed by atoms with E-state index in [9.17, 15) is 24.0 Å². The maximum atomic E-state index is 10.4. The molecule has 0 saturated carbocycles. The Kier molecular flexibility index (Phi) is 14.1. The Morgan fingerprint density at radius 1 is 0.786 bits per heavy atom. The number of carboxylic acids is 4. The molecule has 11 nitrogen and oxygen atoms in total. The summed E-state index contributed by atoms with van der Waals surface area (Å²) < 4.78 is 0. The van der Waals surface area contributed by atoms with Gasteiger partial charge in [-0.1, -0.05) is 18.2 Å². The molecule has 0 aromatic rings. The number of likely N-dealkylation sites (N-methyl/N-ethyl adjacent to an activating group) is 1. The van der Waals surface area contributed by atoms with Crippen LogP contribution in [-0.4, -0.2) is 68.2 Å². The SMILES string of the molecule is CN1C=CC=CC1C=CC(N)=O.O=C(O)/C=C\C(=O)O.O=C(O)/C=C\C(=O)O. The fraction of sp³-hybridized carbons (Fsp3) is 0.118. The van der Waals surface area contributed by atoms with Gasteiger partial charge in [0, 0.05) is 37.4 Å². The molecule has 0 spiro atoms. The molecule has 0 aromatic carbocycles. The summed E-state index contributed by atoms with van der Waals surface area (Å²) in [4.78, 5) is 50.6. The first-order valence-electron chi connectivity index (χ1n) is 7.28. The van der Waals surface area contributed by atoms with Crippen LogP contribution < -0.4 is 5.73 Å². The van der Waals surface area contributed by atoms with Crippen molar-refractivity contribution in [2.45, 2.75) is 6.04 Å². The Labute approximate surface area is 159 Å². The van der Waals surface area contributed by atoms with Crippen LogP contribution in [0.15, 0.2) is 60.9 Å². The zero-order chi connectivity index (χ0) is 22.1. The number of hydrogen-bond donors (Lipinski definition) is 5. The van der Waals surface area contributed by atoms with E-state index >= 15 is 0 Å². The molecule has 1 aliphatic rings. The molecule has 1 heterocycles. The first kappa shape index (κ1) is 26.1. The Morgan fingerprint density at radius 2 is 1.18 bits per heavy atom. The molecule has 0 fully saturated rings. The van der Waals surface area contributed by atoms with Crippen LogP contribution >= 0.6 is 0 Å². The zero-order valence-corrected chi connectivity index (χ0v) is 14.7. The molecule has 1 rings (SSSR count). The third-order valence-corrected chi connectivity index (χ3v) is 2.41. The van der Waals surface area contributed by atoms with Crippen LogP contribution in [0.2, 0.25) is 0 Å². The number of carbonyl (C=O) groups excluding carboxylic acids is 1. The van der Waals surface area contributed by atoms with Crippen molar-refractivity contribution in [1.82, 2.24) is 4.90 Å². The topological polar surface area (TPSA) is 196 Å². The van der Waals surface area contributed by atoms with E-state index in [1.165, 1.54) is 6.08 Å². The molecule has 0 radical (unpaired) electrons. The first-order valence-corrected chi connectivity index (χ1v) is 7.28. The largest absolute Gasteiger partial charge is 0.478 e. The highest BCUT2D eigenvalue weighted by Gasteiger charge is 2.05. The third-order valence-electron chi connectivity index (χ3n) is 2.41. The van der Waals surface area contributed by atoms with Crippen LogP contribution in [0.25, 0.3) is 0 Å². The maximum absolute atomic E-state index is 10.4. The van der Waals surface area contributed by atoms with Crippen molar-refractivity contribution in [3.05, 3.63) is 60.9 Å². The minimum absolute atomic E-state index is 0.141. The fourth-order valence-electron chi connectivity index (χ4n) is 1.28. The van der Waals surface area contributed by atoms with Gasteiger partial charge in [0.2, 0.25) is 5.91 Å². The monoisotopic (exact) mass is 396 g/mol. The van der Waals surface area contributed by atoms with Crippen LogP contribution in [0.5, 0.6) is 0 Å². The number of carbonyl (C=O) groups is 5. The summed E-state index contributed by atoms with van der Waals surface area (Å²) in [5.74, 6) is -5.44. The summed E-state index contributed by atoms with van der Waals surface area (Å²) in [6.45, 7) is 0. The molecular weight excluding hydrogens is 376 g/mol. The Bertz CT molecular complexity index is 652. The number of rotatable bonds is 6. The van der Waals surface area contributed by atoms with E-state index in [0.29, 0.717) is 24.3 Å². The van der Waals surface area contributed by atoms with E-state index in [1.807, 2.05) is 36.4 Å². The van der Waals surface area contributed by atoms with Crippen molar-refractivity contribution >= 4 is 29.8 Å². The molecule has 152 valence electrons. The van der Waals surface area contributed by atoms with E-state index in [1.54, 1.807) is 6.08 Å². The van der Waals surface area contributed by atoms with Gasteiger partial charge in [-0.15, -0.1) is 0 Å². The summed E-state index contributed by atoms with van der Waals surface area (Å²) in [6.07, 6.45) is 13.2. The van der Waals surface area contributed by atoms with Crippen molar-refractivity contribution in [1.29, 1.82) is 0 Å². The second kappa shape index (κ2) is 15.1. The Hall–Kier alpha value is -4.15.